The minimum atomic E-state index is 0.885. The first-order valence-electron chi connectivity index (χ1n) is 18.4. The van der Waals surface area contributed by atoms with Crippen LogP contribution in [0.4, 0.5) is 17.1 Å². The fraction of sp³-hybridized carbons (Fsp3) is 0. The highest BCUT2D eigenvalue weighted by Gasteiger charge is 2.19. The molecule has 0 aliphatic rings. The van der Waals surface area contributed by atoms with Crippen LogP contribution in [-0.4, -0.2) is 0 Å². The molecule has 2 heteroatoms. The molecule has 0 unspecified atom stereocenters. The summed E-state index contributed by atoms with van der Waals surface area (Å²) in [6.45, 7) is 0. The van der Waals surface area contributed by atoms with Crippen LogP contribution < -0.4 is 4.90 Å². The van der Waals surface area contributed by atoms with E-state index < -0.39 is 0 Å². The quantitative estimate of drug-likeness (QED) is 0.166. The maximum absolute atomic E-state index is 6.56. The van der Waals surface area contributed by atoms with Crippen LogP contribution in [0.2, 0.25) is 0 Å². The van der Waals surface area contributed by atoms with Gasteiger partial charge in [-0.25, -0.2) is 0 Å². The summed E-state index contributed by atoms with van der Waals surface area (Å²) in [5.41, 5.74) is 12.2. The molecule has 10 rings (SSSR count). The molecule has 9 aromatic carbocycles. The van der Waals surface area contributed by atoms with Crippen molar-refractivity contribution in [2.24, 2.45) is 0 Å². The Morgan fingerprint density at radius 1 is 0.315 bits per heavy atom. The summed E-state index contributed by atoms with van der Waals surface area (Å²) in [5.74, 6) is 0.885. The molecule has 2 nitrogen and oxygen atoms in total. The number of hydrogen-bond donors (Lipinski definition) is 0. The fourth-order valence-corrected chi connectivity index (χ4v) is 7.81. The van der Waals surface area contributed by atoms with Crippen molar-refractivity contribution in [2.75, 3.05) is 4.90 Å². The summed E-state index contributed by atoms with van der Waals surface area (Å²) in [6, 6.07) is 75.8. The van der Waals surface area contributed by atoms with Gasteiger partial charge in [-0.2, -0.15) is 0 Å². The summed E-state index contributed by atoms with van der Waals surface area (Å²) < 4.78 is 6.56. The van der Waals surface area contributed by atoms with Gasteiger partial charge in [0, 0.05) is 33.6 Å². The van der Waals surface area contributed by atoms with Crippen LogP contribution in [0.25, 0.3) is 77.2 Å². The predicted octanol–water partition coefficient (Wildman–Crippen LogP) is 14.9. The van der Waals surface area contributed by atoms with Gasteiger partial charge in [0.25, 0.3) is 0 Å². The van der Waals surface area contributed by atoms with Gasteiger partial charge in [-0.3, -0.25) is 0 Å². The van der Waals surface area contributed by atoms with Crippen molar-refractivity contribution >= 4 is 49.6 Å². The minimum absolute atomic E-state index is 0.885. The average Bonchev–Trinajstić information content (AvgIpc) is 3.64. The van der Waals surface area contributed by atoms with Crippen molar-refractivity contribution in [3.05, 3.63) is 212 Å². The van der Waals surface area contributed by atoms with Crippen molar-refractivity contribution in [1.82, 2.24) is 0 Å². The number of nitrogens with zero attached hydrogens (tertiary/aromatic N) is 1. The number of fused-ring (bicyclic) bond motifs is 3. The van der Waals surface area contributed by atoms with Crippen LogP contribution in [-0.2, 0) is 0 Å². The van der Waals surface area contributed by atoms with E-state index in [-0.39, 0.29) is 0 Å². The second-order valence-corrected chi connectivity index (χ2v) is 13.7. The third-order valence-corrected chi connectivity index (χ3v) is 10.5. The Bertz CT molecular complexity index is 2920. The lowest BCUT2D eigenvalue weighted by Crippen LogP contribution is -2.09. The van der Waals surface area contributed by atoms with Crippen LogP contribution in [0.5, 0.6) is 0 Å². The van der Waals surface area contributed by atoms with E-state index in [0.29, 0.717) is 0 Å². The Balaban J connectivity index is 1.03. The van der Waals surface area contributed by atoms with Gasteiger partial charge in [0.05, 0.1) is 0 Å². The Labute approximate surface area is 314 Å². The second kappa shape index (κ2) is 13.4. The molecule has 0 aliphatic heterocycles. The molecule has 0 saturated carbocycles. The zero-order chi connectivity index (χ0) is 35.8. The molecule has 0 radical (unpaired) electrons. The van der Waals surface area contributed by atoms with Crippen molar-refractivity contribution in [3.63, 3.8) is 0 Å². The first-order valence-corrected chi connectivity index (χ1v) is 18.4. The van der Waals surface area contributed by atoms with E-state index in [4.69, 9.17) is 4.42 Å². The monoisotopic (exact) mass is 689 g/mol. The number of anilines is 3. The van der Waals surface area contributed by atoms with Crippen molar-refractivity contribution in [2.45, 2.75) is 0 Å². The Hall–Kier alpha value is -7.16. The first kappa shape index (κ1) is 31.6. The minimum Gasteiger partial charge on any atom is -0.455 e. The van der Waals surface area contributed by atoms with E-state index in [9.17, 15) is 0 Å². The SMILES string of the molecule is c1ccc(-c2c(-c3cccc(-c4ccc(N(c5ccc(-c6cccc7ccccc67)cc5)c5ccc6ccccc6c5)cc4)c3)oc3ccccc23)cc1. The zero-order valence-corrected chi connectivity index (χ0v) is 29.6. The Morgan fingerprint density at radius 3 is 1.69 bits per heavy atom. The highest BCUT2D eigenvalue weighted by molar-refractivity contribution is 6.02. The molecule has 10 aromatic rings. The molecule has 0 N–H and O–H groups in total. The van der Waals surface area contributed by atoms with Crippen LogP contribution in [0, 0.1) is 0 Å². The molecule has 0 spiro atoms. The topological polar surface area (TPSA) is 16.4 Å². The highest BCUT2D eigenvalue weighted by Crippen LogP contribution is 2.43. The summed E-state index contributed by atoms with van der Waals surface area (Å²) in [7, 11) is 0. The molecule has 0 bridgehead atoms. The van der Waals surface area contributed by atoms with Crippen molar-refractivity contribution in [3.8, 4) is 44.7 Å². The van der Waals surface area contributed by atoms with Gasteiger partial charge in [0.1, 0.15) is 11.3 Å². The molecule has 0 atom stereocenters. The number of furan rings is 1. The summed E-state index contributed by atoms with van der Waals surface area (Å²) in [6.07, 6.45) is 0. The zero-order valence-electron chi connectivity index (χ0n) is 29.6. The van der Waals surface area contributed by atoms with E-state index in [2.05, 4.69) is 205 Å². The molecular weight excluding hydrogens is 655 g/mol. The molecule has 254 valence electrons. The molecule has 0 amide bonds. The lowest BCUT2D eigenvalue weighted by atomic mass is 9.96. The van der Waals surface area contributed by atoms with E-state index in [1.165, 1.54) is 32.7 Å². The lowest BCUT2D eigenvalue weighted by molar-refractivity contribution is 0.632. The van der Waals surface area contributed by atoms with Gasteiger partial charge < -0.3 is 9.32 Å². The van der Waals surface area contributed by atoms with E-state index in [0.717, 1.165) is 61.6 Å². The van der Waals surface area contributed by atoms with Gasteiger partial charge in [-0.15, -0.1) is 0 Å². The third-order valence-electron chi connectivity index (χ3n) is 10.5. The normalized spacial score (nSPS) is 11.3. The van der Waals surface area contributed by atoms with E-state index >= 15 is 0 Å². The highest BCUT2D eigenvalue weighted by atomic mass is 16.3. The van der Waals surface area contributed by atoms with Gasteiger partial charge in [-0.05, 0) is 97.9 Å². The average molecular weight is 690 g/mol. The Kier molecular flexibility index (Phi) is 7.85. The summed E-state index contributed by atoms with van der Waals surface area (Å²) >= 11 is 0. The molecule has 0 fully saturated rings. The standard InChI is InChI=1S/C52H35NO/c1-2-14-40(15-3-1)51-49-21-8-9-23-50(49)54-52(51)43-19-10-18-41(34-43)37-24-29-44(30-25-37)53(46-33-26-36-12-4-5-16-42(36)35-46)45-31-27-39(28-32-45)48-22-11-17-38-13-6-7-20-47(38)48/h1-35H. The van der Waals surface area contributed by atoms with Crippen molar-refractivity contribution < 1.29 is 4.42 Å². The fourth-order valence-electron chi connectivity index (χ4n) is 7.81. The number of hydrogen-bond acceptors (Lipinski definition) is 2. The molecule has 54 heavy (non-hydrogen) atoms. The van der Waals surface area contributed by atoms with Crippen LogP contribution in [0.15, 0.2) is 217 Å². The van der Waals surface area contributed by atoms with Crippen LogP contribution in [0.3, 0.4) is 0 Å². The van der Waals surface area contributed by atoms with Gasteiger partial charge in [0.15, 0.2) is 0 Å². The molecule has 0 saturated heterocycles. The maximum Gasteiger partial charge on any atom is 0.143 e. The smallest absolute Gasteiger partial charge is 0.143 e. The number of rotatable bonds is 7. The summed E-state index contributed by atoms with van der Waals surface area (Å²) in [5, 5.41) is 6.06. The number of para-hydroxylation sites is 1. The van der Waals surface area contributed by atoms with Gasteiger partial charge in [0.2, 0.25) is 0 Å². The summed E-state index contributed by atoms with van der Waals surface area (Å²) in [4.78, 5) is 2.35. The maximum atomic E-state index is 6.56. The van der Waals surface area contributed by atoms with Crippen LogP contribution in [0.1, 0.15) is 0 Å². The van der Waals surface area contributed by atoms with Gasteiger partial charge >= 0.3 is 0 Å². The molecule has 0 aliphatic carbocycles. The predicted molar refractivity (Wildman–Crippen MR) is 228 cm³/mol. The van der Waals surface area contributed by atoms with E-state index in [1.54, 1.807) is 0 Å². The Morgan fingerprint density at radius 2 is 0.889 bits per heavy atom. The molecular formula is C52H35NO. The first-order chi connectivity index (χ1) is 26.8. The largest absolute Gasteiger partial charge is 0.455 e. The van der Waals surface area contributed by atoms with E-state index in [1.807, 2.05) is 12.1 Å². The number of benzene rings is 9. The van der Waals surface area contributed by atoms with Crippen LogP contribution >= 0.6 is 0 Å². The van der Waals surface area contributed by atoms with Crippen molar-refractivity contribution in [1.29, 1.82) is 0 Å². The lowest BCUT2D eigenvalue weighted by Gasteiger charge is -2.26. The van der Waals surface area contributed by atoms with Gasteiger partial charge in [-0.1, -0.05) is 164 Å². The molecule has 1 heterocycles. The second-order valence-electron chi connectivity index (χ2n) is 13.7. The third kappa shape index (κ3) is 5.71. The molecule has 1 aromatic heterocycles.